The number of benzene rings is 1. The number of hydrogen-bond acceptors (Lipinski definition) is 3. The Morgan fingerprint density at radius 1 is 1.16 bits per heavy atom. The van der Waals surface area contributed by atoms with Gasteiger partial charge in [0.25, 0.3) is 0 Å². The zero-order valence-corrected chi connectivity index (χ0v) is 11.5. The van der Waals surface area contributed by atoms with Crippen molar-refractivity contribution in [3.63, 3.8) is 0 Å². The molecule has 0 spiro atoms. The van der Waals surface area contributed by atoms with Gasteiger partial charge >= 0.3 is 0 Å². The second-order valence-electron chi connectivity index (χ2n) is 4.36. The Balaban J connectivity index is 2.56. The lowest BCUT2D eigenvalue weighted by Crippen LogP contribution is -2.20. The molecule has 0 fully saturated rings. The van der Waals surface area contributed by atoms with E-state index in [0.717, 1.165) is 12.1 Å². The third-order valence-electron chi connectivity index (χ3n) is 2.77. The summed E-state index contributed by atoms with van der Waals surface area (Å²) in [5.41, 5.74) is 1.39. The number of anilines is 2. The molecule has 0 radical (unpaired) electrons. The molecule has 0 aliphatic heterocycles. The van der Waals surface area contributed by atoms with E-state index in [9.17, 15) is 9.59 Å². The molecule has 1 rings (SSSR count). The summed E-state index contributed by atoms with van der Waals surface area (Å²) in [6.07, 6.45) is 0.803. The van der Waals surface area contributed by atoms with Gasteiger partial charge in [0.1, 0.15) is 6.61 Å². The molecule has 0 aliphatic rings. The van der Waals surface area contributed by atoms with Gasteiger partial charge in [0.2, 0.25) is 11.8 Å². The van der Waals surface area contributed by atoms with Gasteiger partial charge in [-0.15, -0.1) is 0 Å². The van der Waals surface area contributed by atoms with Crippen molar-refractivity contribution >= 4 is 23.2 Å². The Labute approximate surface area is 113 Å². The van der Waals surface area contributed by atoms with E-state index in [4.69, 9.17) is 4.74 Å². The predicted molar refractivity (Wildman–Crippen MR) is 75.0 cm³/mol. The Kier molecular flexibility index (Phi) is 6.02. The molecule has 2 N–H and O–H groups in total. The first-order valence-corrected chi connectivity index (χ1v) is 6.26. The second kappa shape index (κ2) is 7.53. The zero-order chi connectivity index (χ0) is 14.3. The smallest absolute Gasteiger partial charge is 0.250 e. The van der Waals surface area contributed by atoms with Crippen molar-refractivity contribution in [1.29, 1.82) is 0 Å². The number of rotatable bonds is 6. The number of methoxy groups -OCH3 is 1. The maximum absolute atomic E-state index is 11.7. The average Bonchev–Trinajstić information content (AvgIpc) is 2.40. The minimum absolute atomic E-state index is 0.00123. The molecule has 19 heavy (non-hydrogen) atoms. The lowest BCUT2D eigenvalue weighted by Gasteiger charge is -2.10. The number of amides is 2. The van der Waals surface area contributed by atoms with Gasteiger partial charge in [-0.2, -0.15) is 0 Å². The van der Waals surface area contributed by atoms with Crippen molar-refractivity contribution in [3.8, 4) is 0 Å². The fraction of sp³-hybridized carbons (Fsp3) is 0.429. The molecular weight excluding hydrogens is 244 g/mol. The molecule has 1 atom stereocenters. The molecule has 0 saturated carbocycles. The highest BCUT2D eigenvalue weighted by atomic mass is 16.5. The SMILES string of the molecule is CCC(C)C(=O)Nc1ccc(NC(=O)COC)cc1. The van der Waals surface area contributed by atoms with Crippen molar-refractivity contribution < 1.29 is 14.3 Å². The van der Waals surface area contributed by atoms with Crippen molar-refractivity contribution in [2.45, 2.75) is 20.3 Å². The van der Waals surface area contributed by atoms with Crippen LogP contribution in [-0.2, 0) is 14.3 Å². The van der Waals surface area contributed by atoms with E-state index in [-0.39, 0.29) is 24.3 Å². The molecule has 5 nitrogen and oxygen atoms in total. The first-order chi connectivity index (χ1) is 9.06. The van der Waals surface area contributed by atoms with E-state index >= 15 is 0 Å². The number of carbonyl (C=O) groups is 2. The van der Waals surface area contributed by atoms with Crippen LogP contribution in [0.2, 0.25) is 0 Å². The highest BCUT2D eigenvalue weighted by molar-refractivity contribution is 5.94. The normalized spacial score (nSPS) is 11.7. The molecule has 1 aromatic rings. The Morgan fingerprint density at radius 3 is 2.16 bits per heavy atom. The molecule has 0 aromatic heterocycles. The van der Waals surface area contributed by atoms with Crippen LogP contribution in [0.1, 0.15) is 20.3 Å². The van der Waals surface area contributed by atoms with Crippen LogP contribution in [0.15, 0.2) is 24.3 Å². The van der Waals surface area contributed by atoms with Crippen LogP contribution in [-0.4, -0.2) is 25.5 Å². The van der Waals surface area contributed by atoms with Gasteiger partial charge in [0, 0.05) is 24.4 Å². The molecule has 2 amide bonds. The molecule has 0 aliphatic carbocycles. The van der Waals surface area contributed by atoms with Crippen LogP contribution in [0.5, 0.6) is 0 Å². The molecular formula is C14H20N2O3. The molecule has 1 unspecified atom stereocenters. The fourth-order valence-corrected chi connectivity index (χ4v) is 1.42. The molecule has 0 bridgehead atoms. The summed E-state index contributed by atoms with van der Waals surface area (Å²) < 4.78 is 4.72. The topological polar surface area (TPSA) is 67.4 Å². The second-order valence-corrected chi connectivity index (χ2v) is 4.36. The third-order valence-corrected chi connectivity index (χ3v) is 2.77. The largest absolute Gasteiger partial charge is 0.375 e. The van der Waals surface area contributed by atoms with E-state index in [1.165, 1.54) is 7.11 Å². The Morgan fingerprint density at radius 2 is 1.68 bits per heavy atom. The number of hydrogen-bond donors (Lipinski definition) is 2. The zero-order valence-electron chi connectivity index (χ0n) is 11.5. The summed E-state index contributed by atoms with van der Waals surface area (Å²) in [4.78, 5) is 23.0. The summed E-state index contributed by atoms with van der Waals surface area (Å²) in [6, 6.07) is 6.98. The highest BCUT2D eigenvalue weighted by Gasteiger charge is 2.10. The van der Waals surface area contributed by atoms with Gasteiger partial charge in [-0.25, -0.2) is 0 Å². The van der Waals surface area contributed by atoms with E-state index < -0.39 is 0 Å². The molecule has 0 saturated heterocycles. The average molecular weight is 264 g/mol. The summed E-state index contributed by atoms with van der Waals surface area (Å²) in [7, 11) is 1.47. The van der Waals surface area contributed by atoms with Crippen molar-refractivity contribution in [2.75, 3.05) is 24.4 Å². The molecule has 1 aromatic carbocycles. The van der Waals surface area contributed by atoms with Crippen LogP contribution in [0, 0.1) is 5.92 Å². The van der Waals surface area contributed by atoms with E-state index in [0.29, 0.717) is 5.69 Å². The quantitative estimate of drug-likeness (QED) is 0.828. The molecule has 104 valence electrons. The Bertz CT molecular complexity index is 429. The van der Waals surface area contributed by atoms with Gasteiger partial charge < -0.3 is 15.4 Å². The molecule has 5 heteroatoms. The Hall–Kier alpha value is -1.88. The van der Waals surface area contributed by atoms with Crippen LogP contribution in [0.25, 0.3) is 0 Å². The minimum Gasteiger partial charge on any atom is -0.375 e. The minimum atomic E-state index is -0.209. The monoisotopic (exact) mass is 264 g/mol. The van der Waals surface area contributed by atoms with Crippen molar-refractivity contribution in [3.05, 3.63) is 24.3 Å². The van der Waals surface area contributed by atoms with Crippen LogP contribution in [0.3, 0.4) is 0 Å². The van der Waals surface area contributed by atoms with Crippen molar-refractivity contribution in [1.82, 2.24) is 0 Å². The first kappa shape index (κ1) is 15.2. The summed E-state index contributed by atoms with van der Waals surface area (Å²) in [6.45, 7) is 3.87. The van der Waals surface area contributed by atoms with Crippen LogP contribution >= 0.6 is 0 Å². The number of nitrogens with one attached hydrogen (secondary N) is 2. The maximum Gasteiger partial charge on any atom is 0.250 e. The predicted octanol–water partition coefficient (Wildman–Crippen LogP) is 2.26. The van der Waals surface area contributed by atoms with E-state index in [1.807, 2.05) is 13.8 Å². The van der Waals surface area contributed by atoms with Gasteiger partial charge in [-0.3, -0.25) is 9.59 Å². The standard InChI is InChI=1S/C14H20N2O3/c1-4-10(2)14(18)16-12-7-5-11(6-8-12)15-13(17)9-19-3/h5-8,10H,4,9H2,1-3H3,(H,15,17)(H,16,18). The van der Waals surface area contributed by atoms with Gasteiger partial charge in [0.05, 0.1) is 0 Å². The summed E-state index contributed by atoms with van der Waals surface area (Å²) in [5, 5.41) is 5.50. The van der Waals surface area contributed by atoms with Gasteiger partial charge in [-0.05, 0) is 30.7 Å². The third kappa shape index (κ3) is 5.09. The summed E-state index contributed by atoms with van der Waals surface area (Å²) >= 11 is 0. The number of ether oxygens (including phenoxy) is 1. The van der Waals surface area contributed by atoms with Crippen molar-refractivity contribution in [2.24, 2.45) is 5.92 Å². The highest BCUT2D eigenvalue weighted by Crippen LogP contribution is 2.15. The molecule has 0 heterocycles. The van der Waals surface area contributed by atoms with Crippen LogP contribution in [0.4, 0.5) is 11.4 Å². The van der Waals surface area contributed by atoms with Gasteiger partial charge in [0.15, 0.2) is 0 Å². The maximum atomic E-state index is 11.7. The number of carbonyl (C=O) groups excluding carboxylic acids is 2. The van der Waals surface area contributed by atoms with Crippen LogP contribution < -0.4 is 10.6 Å². The summed E-state index contributed by atoms with van der Waals surface area (Å²) in [5.74, 6) is -0.223. The fourth-order valence-electron chi connectivity index (χ4n) is 1.42. The lowest BCUT2D eigenvalue weighted by atomic mass is 10.1. The lowest BCUT2D eigenvalue weighted by molar-refractivity contribution is -0.120. The van der Waals surface area contributed by atoms with E-state index in [2.05, 4.69) is 10.6 Å². The first-order valence-electron chi connectivity index (χ1n) is 6.26. The van der Waals surface area contributed by atoms with E-state index in [1.54, 1.807) is 24.3 Å². The van der Waals surface area contributed by atoms with Gasteiger partial charge in [-0.1, -0.05) is 13.8 Å².